The molecule has 0 saturated carbocycles. The highest BCUT2D eigenvalue weighted by Gasteiger charge is 2.27. The van der Waals surface area contributed by atoms with E-state index >= 15 is 0 Å². The van der Waals surface area contributed by atoms with E-state index in [0.717, 1.165) is 12.3 Å². The number of nitro groups is 1. The Bertz CT molecular complexity index is 574. The van der Waals surface area contributed by atoms with Crippen LogP contribution in [0.5, 0.6) is 0 Å². The van der Waals surface area contributed by atoms with Crippen molar-refractivity contribution in [2.75, 3.05) is 25.4 Å². The van der Waals surface area contributed by atoms with Crippen LogP contribution >= 0.6 is 0 Å². The molecule has 9 nitrogen and oxygen atoms in total. The smallest absolute Gasteiger partial charge is 0.300 e. The highest BCUT2D eigenvalue weighted by atomic mass is 16.6. The fourth-order valence-electron chi connectivity index (χ4n) is 1.93. The SMILES string of the molecule is Nc1cc(C(=O)N2CCCNC(=O)C2)c([N+](=O)[O-])cn1. The molecule has 1 fully saturated rings. The van der Waals surface area contributed by atoms with Gasteiger partial charge in [0.05, 0.1) is 11.5 Å². The van der Waals surface area contributed by atoms with Crippen LogP contribution in [0.15, 0.2) is 12.3 Å². The third-order valence-corrected chi connectivity index (χ3v) is 2.88. The van der Waals surface area contributed by atoms with Crippen molar-refractivity contribution in [3.63, 3.8) is 0 Å². The van der Waals surface area contributed by atoms with Gasteiger partial charge in [0.1, 0.15) is 17.6 Å². The van der Waals surface area contributed by atoms with E-state index in [-0.39, 0.29) is 23.8 Å². The normalized spacial score (nSPS) is 15.4. The van der Waals surface area contributed by atoms with E-state index in [1.165, 1.54) is 4.90 Å². The van der Waals surface area contributed by atoms with Crippen LogP contribution in [-0.2, 0) is 4.79 Å². The van der Waals surface area contributed by atoms with Crippen LogP contribution in [0.25, 0.3) is 0 Å². The van der Waals surface area contributed by atoms with Gasteiger partial charge in [-0.25, -0.2) is 4.98 Å². The van der Waals surface area contributed by atoms with Gasteiger partial charge in [-0.1, -0.05) is 0 Å². The van der Waals surface area contributed by atoms with E-state index in [0.29, 0.717) is 19.5 Å². The monoisotopic (exact) mass is 279 g/mol. The number of pyridine rings is 1. The van der Waals surface area contributed by atoms with Crippen LogP contribution in [0.1, 0.15) is 16.8 Å². The van der Waals surface area contributed by atoms with Crippen molar-refractivity contribution in [3.05, 3.63) is 27.9 Å². The first-order chi connectivity index (χ1) is 9.49. The Kier molecular flexibility index (Phi) is 3.78. The lowest BCUT2D eigenvalue weighted by Gasteiger charge is -2.18. The molecule has 0 radical (unpaired) electrons. The van der Waals surface area contributed by atoms with Crippen LogP contribution in [0.3, 0.4) is 0 Å². The Balaban J connectivity index is 2.34. The number of nitrogens with one attached hydrogen (secondary N) is 1. The van der Waals surface area contributed by atoms with Gasteiger partial charge in [0, 0.05) is 13.1 Å². The first kappa shape index (κ1) is 13.7. The van der Waals surface area contributed by atoms with Gasteiger partial charge in [0.25, 0.3) is 11.6 Å². The van der Waals surface area contributed by atoms with Crippen molar-refractivity contribution in [1.82, 2.24) is 15.2 Å². The summed E-state index contributed by atoms with van der Waals surface area (Å²) in [4.78, 5) is 38.9. The van der Waals surface area contributed by atoms with Crippen LogP contribution < -0.4 is 11.1 Å². The molecule has 0 aliphatic carbocycles. The van der Waals surface area contributed by atoms with Crippen molar-refractivity contribution in [2.45, 2.75) is 6.42 Å². The first-order valence-electron chi connectivity index (χ1n) is 5.95. The highest BCUT2D eigenvalue weighted by Crippen LogP contribution is 2.21. The van der Waals surface area contributed by atoms with Gasteiger partial charge in [-0.05, 0) is 12.5 Å². The average molecular weight is 279 g/mol. The Hall–Kier alpha value is -2.71. The van der Waals surface area contributed by atoms with Crippen molar-refractivity contribution < 1.29 is 14.5 Å². The third-order valence-electron chi connectivity index (χ3n) is 2.88. The molecule has 0 atom stereocenters. The molecule has 20 heavy (non-hydrogen) atoms. The van der Waals surface area contributed by atoms with E-state index in [1.54, 1.807) is 0 Å². The third kappa shape index (κ3) is 2.82. The maximum Gasteiger partial charge on any atom is 0.300 e. The predicted octanol–water partition coefficient (Wildman–Crippen LogP) is -0.466. The second-order valence-electron chi connectivity index (χ2n) is 4.31. The molecule has 9 heteroatoms. The molecule has 2 rings (SSSR count). The molecule has 1 aromatic rings. The van der Waals surface area contributed by atoms with Gasteiger partial charge in [-0.15, -0.1) is 0 Å². The molecule has 106 valence electrons. The number of nitrogens with two attached hydrogens (primary N) is 1. The van der Waals surface area contributed by atoms with E-state index < -0.39 is 16.5 Å². The topological polar surface area (TPSA) is 131 Å². The van der Waals surface area contributed by atoms with E-state index in [4.69, 9.17) is 5.73 Å². The molecule has 3 N–H and O–H groups in total. The van der Waals surface area contributed by atoms with Crippen molar-refractivity contribution in [1.29, 1.82) is 0 Å². The number of amides is 2. The Labute approximate surface area is 113 Å². The number of aromatic nitrogens is 1. The molecule has 0 spiro atoms. The Morgan fingerprint density at radius 3 is 3.00 bits per heavy atom. The van der Waals surface area contributed by atoms with Crippen molar-refractivity contribution in [3.8, 4) is 0 Å². The van der Waals surface area contributed by atoms with E-state index in [9.17, 15) is 19.7 Å². The van der Waals surface area contributed by atoms with E-state index in [1.807, 2.05) is 0 Å². The molecule has 1 aliphatic heterocycles. The minimum atomic E-state index is -0.697. The molecular formula is C11H13N5O4. The van der Waals surface area contributed by atoms with Crippen molar-refractivity contribution in [2.24, 2.45) is 0 Å². The quantitative estimate of drug-likeness (QED) is 0.556. The van der Waals surface area contributed by atoms with Crippen LogP contribution in [-0.4, -0.2) is 46.3 Å². The predicted molar refractivity (Wildman–Crippen MR) is 68.8 cm³/mol. The first-order valence-corrected chi connectivity index (χ1v) is 5.95. The Morgan fingerprint density at radius 1 is 1.55 bits per heavy atom. The minimum Gasteiger partial charge on any atom is -0.384 e. The van der Waals surface area contributed by atoms with Gasteiger partial charge in [0.15, 0.2) is 0 Å². The number of nitrogens with zero attached hydrogens (tertiary/aromatic N) is 3. The number of rotatable bonds is 2. The van der Waals surface area contributed by atoms with Crippen molar-refractivity contribution >= 4 is 23.3 Å². The maximum atomic E-state index is 12.3. The zero-order valence-corrected chi connectivity index (χ0v) is 10.5. The molecule has 1 aromatic heterocycles. The van der Waals surface area contributed by atoms with Gasteiger partial charge in [-0.2, -0.15) is 0 Å². The lowest BCUT2D eigenvalue weighted by Crippen LogP contribution is -2.37. The minimum absolute atomic E-state index is 0.0122. The number of nitrogen functional groups attached to an aromatic ring is 1. The summed E-state index contributed by atoms with van der Waals surface area (Å²) in [6.45, 7) is 0.693. The summed E-state index contributed by atoms with van der Waals surface area (Å²) < 4.78 is 0. The molecule has 0 bridgehead atoms. The summed E-state index contributed by atoms with van der Waals surface area (Å²) in [6, 6.07) is 1.16. The number of hydrogen-bond acceptors (Lipinski definition) is 6. The lowest BCUT2D eigenvalue weighted by atomic mass is 10.2. The molecule has 0 unspecified atom stereocenters. The van der Waals surface area contributed by atoms with Gasteiger partial charge >= 0.3 is 0 Å². The van der Waals surface area contributed by atoms with Gasteiger partial charge in [0.2, 0.25) is 5.91 Å². The van der Waals surface area contributed by atoms with E-state index in [2.05, 4.69) is 10.3 Å². The molecule has 2 amide bonds. The molecule has 1 aliphatic rings. The molecule has 2 heterocycles. The van der Waals surface area contributed by atoms with Crippen LogP contribution in [0.4, 0.5) is 11.5 Å². The fraction of sp³-hybridized carbons (Fsp3) is 0.364. The second kappa shape index (κ2) is 5.51. The molecular weight excluding hydrogens is 266 g/mol. The number of carbonyl (C=O) groups excluding carboxylic acids is 2. The van der Waals surface area contributed by atoms with Gasteiger partial charge in [-0.3, -0.25) is 19.7 Å². The summed E-state index contributed by atoms with van der Waals surface area (Å²) >= 11 is 0. The second-order valence-corrected chi connectivity index (χ2v) is 4.31. The zero-order valence-electron chi connectivity index (χ0n) is 10.5. The summed E-state index contributed by atoms with van der Waals surface area (Å²) in [7, 11) is 0. The van der Waals surface area contributed by atoms with Crippen LogP contribution in [0, 0.1) is 10.1 Å². The fourth-order valence-corrected chi connectivity index (χ4v) is 1.93. The number of anilines is 1. The number of carbonyl (C=O) groups is 2. The zero-order chi connectivity index (χ0) is 14.7. The maximum absolute atomic E-state index is 12.3. The largest absolute Gasteiger partial charge is 0.384 e. The summed E-state index contributed by atoms with van der Waals surface area (Å²) in [6.07, 6.45) is 1.53. The summed E-state index contributed by atoms with van der Waals surface area (Å²) in [5.41, 5.74) is 4.89. The number of hydrogen-bond donors (Lipinski definition) is 2. The van der Waals surface area contributed by atoms with Crippen LogP contribution in [0.2, 0.25) is 0 Å². The summed E-state index contributed by atoms with van der Waals surface area (Å²) in [5.74, 6) is -0.874. The Morgan fingerprint density at radius 2 is 2.30 bits per heavy atom. The summed E-state index contributed by atoms with van der Waals surface area (Å²) in [5, 5.41) is 13.6. The highest BCUT2D eigenvalue weighted by molar-refractivity contribution is 6.00. The average Bonchev–Trinajstić information content (AvgIpc) is 2.62. The van der Waals surface area contributed by atoms with Gasteiger partial charge < -0.3 is 16.0 Å². The molecule has 0 aromatic carbocycles. The standard InChI is InChI=1S/C11H13N5O4/c12-9-4-7(8(5-14-9)16(19)20)11(18)15-3-1-2-13-10(17)6-15/h4-5H,1-3,6H2,(H2,12,14)(H,13,17). The molecule has 1 saturated heterocycles. The lowest BCUT2D eigenvalue weighted by molar-refractivity contribution is -0.385.